The van der Waals surface area contributed by atoms with Crippen LogP contribution in [-0.2, 0) is 22.4 Å². The molecule has 6 aromatic heterocycles. The van der Waals surface area contributed by atoms with E-state index in [0.29, 0.717) is 24.2 Å². The lowest BCUT2D eigenvalue weighted by Crippen LogP contribution is -1.97. The van der Waals surface area contributed by atoms with Gasteiger partial charge in [-0.2, -0.15) is 0 Å². The van der Waals surface area contributed by atoms with E-state index in [1.807, 2.05) is 58.0 Å². The fraction of sp³-hybridized carbons (Fsp3) is 0.303. The first-order valence-electron chi connectivity index (χ1n) is 27.3. The molecule has 0 fully saturated rings. The number of hydrogen-bond donors (Lipinski definition) is 6. The number of carboxylic acids is 2. The Bertz CT molecular complexity index is 4040. The summed E-state index contributed by atoms with van der Waals surface area (Å²) in [5, 5.41) is 18.9. The minimum absolute atomic E-state index is 0.0367. The number of carboxylic acid groups (broad SMARTS) is 2. The Morgan fingerprint density at radius 1 is 0.397 bits per heavy atom. The number of nitrogens with one attached hydrogen (secondary N) is 4. The van der Waals surface area contributed by atoms with Gasteiger partial charge >= 0.3 is 11.9 Å². The maximum atomic E-state index is 11.5. The van der Waals surface area contributed by atoms with Crippen LogP contribution in [0.2, 0.25) is 0 Å². The molecule has 400 valence electrons. The summed E-state index contributed by atoms with van der Waals surface area (Å²) in [6.45, 7) is 33.8. The summed E-state index contributed by atoms with van der Waals surface area (Å²) < 4.78 is 0. The number of aromatic nitrogens is 8. The molecule has 4 aliphatic heterocycles. The van der Waals surface area contributed by atoms with Gasteiger partial charge in [0, 0.05) is 68.1 Å². The van der Waals surface area contributed by atoms with E-state index in [1.54, 1.807) is 0 Å². The summed E-state index contributed by atoms with van der Waals surface area (Å²) in [5.41, 5.74) is 33.0. The Morgan fingerprint density at radius 2 is 0.692 bits per heavy atom. The molecule has 6 aromatic rings. The average molecular weight is 1040 g/mol. The maximum Gasteiger partial charge on any atom is 0.303 e. The van der Waals surface area contributed by atoms with Crippen molar-refractivity contribution in [1.82, 2.24) is 39.9 Å². The second kappa shape index (κ2) is 21.9. The summed E-state index contributed by atoms with van der Waals surface area (Å²) >= 11 is 0. The zero-order valence-electron chi connectivity index (χ0n) is 47.3. The maximum absolute atomic E-state index is 11.5. The molecule has 0 aliphatic carbocycles. The van der Waals surface area contributed by atoms with Crippen LogP contribution in [0.5, 0.6) is 0 Å². The monoisotopic (exact) mass is 1040 g/mol. The third-order valence-electron chi connectivity index (χ3n) is 16.4. The van der Waals surface area contributed by atoms with Gasteiger partial charge < -0.3 is 30.1 Å². The molecule has 0 aromatic carbocycles. The molecule has 12 nitrogen and oxygen atoms in total. The number of aromatic amines is 4. The zero-order chi connectivity index (χ0) is 56.0. The molecule has 16 bridgehead atoms. The minimum Gasteiger partial charge on any atom is -0.481 e. The van der Waals surface area contributed by atoms with Crippen LogP contribution >= 0.6 is 0 Å². The number of nitrogens with zero attached hydrogens (tertiary/aromatic N) is 4. The SMILES string of the molecule is C=Cc1c(C)c2cc3[nH]c(cc4nc(cc5nc(cc1[nH]2)C(C)=C5CCC(=O)O)C(CCC(=O)O)=C4C)c(C)c3C=C.CCC1=C(C)c2cc3[nH]c(cc4[nH]c(cc5nc(cc1n2)C(C)=C5CC)c(C)c4CC)c(C)c3CC. The number of H-pyrrole nitrogens is 4. The van der Waals surface area contributed by atoms with E-state index in [4.69, 9.17) is 19.9 Å². The molecule has 0 saturated carbocycles. The van der Waals surface area contributed by atoms with Gasteiger partial charge in [0.05, 0.1) is 45.6 Å². The molecule has 0 saturated heterocycles. The number of fused-ring (bicyclic) bond motifs is 16. The smallest absolute Gasteiger partial charge is 0.303 e. The number of hydrogen-bond acceptors (Lipinski definition) is 6. The van der Waals surface area contributed by atoms with Crippen LogP contribution in [0, 0.1) is 27.7 Å². The summed E-state index contributed by atoms with van der Waals surface area (Å²) in [5.74, 6) is -1.78. The number of allylic oxidation sites excluding steroid dienone is 8. The molecule has 78 heavy (non-hydrogen) atoms. The van der Waals surface area contributed by atoms with E-state index in [2.05, 4.69) is 119 Å². The minimum atomic E-state index is -0.889. The van der Waals surface area contributed by atoms with Crippen LogP contribution in [0.15, 0.2) is 61.7 Å². The molecule has 0 amide bonds. The van der Waals surface area contributed by atoms with Crippen molar-refractivity contribution in [1.29, 1.82) is 0 Å². The lowest BCUT2D eigenvalue weighted by atomic mass is 9.98. The standard InChI is InChI=1S/C34H34N4O4.C32H38N4/c1-7-21-17(3)25-13-26-19(5)23(9-11-33(39)40)31(37-26)16-32-24(10-12-34(41)42)20(6)28(38-32)15-30-22(8-2)18(4)27(36-30)14-29(21)35-25;1-9-21-17(5)25-14-30-23(11-3)19(7)27(35-30)16-32-24(12-4)20(8)28(36-32)15-31-22(10-2)18(6)26(34-31)13-29(21)33-25/h7-8,13-16,35-36H,1-2,9-12H2,3-6H3,(H,39,40)(H,41,42);13-16,33-34H,9-12H2,1-8H3. The Labute approximate surface area is 456 Å². The van der Waals surface area contributed by atoms with E-state index in [-0.39, 0.29) is 12.8 Å². The quantitative estimate of drug-likeness (QED) is 0.0698. The van der Waals surface area contributed by atoms with E-state index in [0.717, 1.165) is 137 Å². The number of aliphatic carboxylic acids is 2. The Hall–Kier alpha value is -8.38. The normalized spacial score (nSPS) is 13.4. The Balaban J connectivity index is 0.000000192. The number of rotatable bonds is 12. The van der Waals surface area contributed by atoms with Gasteiger partial charge in [-0.05, 0) is 220 Å². The van der Waals surface area contributed by atoms with Crippen molar-refractivity contribution in [2.24, 2.45) is 0 Å². The van der Waals surface area contributed by atoms with Crippen molar-refractivity contribution >= 4 is 113 Å². The number of carbonyl (C=O) groups is 2. The molecule has 10 rings (SSSR count). The third kappa shape index (κ3) is 9.96. The summed E-state index contributed by atoms with van der Waals surface area (Å²) in [4.78, 5) is 57.8. The van der Waals surface area contributed by atoms with Gasteiger partial charge in [0.2, 0.25) is 0 Å². The summed E-state index contributed by atoms with van der Waals surface area (Å²) in [7, 11) is 0. The van der Waals surface area contributed by atoms with Crippen LogP contribution < -0.4 is 0 Å². The highest BCUT2D eigenvalue weighted by Crippen LogP contribution is 2.40. The third-order valence-corrected chi connectivity index (χ3v) is 16.4. The van der Waals surface area contributed by atoms with Gasteiger partial charge in [-0.15, -0.1) is 0 Å². The largest absolute Gasteiger partial charge is 0.481 e. The van der Waals surface area contributed by atoms with Gasteiger partial charge in [-0.3, -0.25) is 9.59 Å². The first-order valence-corrected chi connectivity index (χ1v) is 27.3. The zero-order valence-corrected chi connectivity index (χ0v) is 47.3. The highest BCUT2D eigenvalue weighted by atomic mass is 16.4. The number of aryl methyl sites for hydroxylation is 6. The molecule has 0 radical (unpaired) electrons. The van der Waals surface area contributed by atoms with Crippen molar-refractivity contribution in [3.05, 3.63) is 152 Å². The van der Waals surface area contributed by atoms with Gasteiger partial charge in [-0.25, -0.2) is 19.9 Å². The molecular weight excluding hydrogens is 969 g/mol. The Kier molecular flexibility index (Phi) is 15.3. The van der Waals surface area contributed by atoms with Crippen molar-refractivity contribution in [3.8, 4) is 0 Å². The van der Waals surface area contributed by atoms with Crippen molar-refractivity contribution in [2.45, 2.75) is 134 Å². The van der Waals surface area contributed by atoms with Crippen LogP contribution in [0.25, 0.3) is 101 Å². The summed E-state index contributed by atoms with van der Waals surface area (Å²) in [6, 6.07) is 16.9. The highest BCUT2D eigenvalue weighted by Gasteiger charge is 2.24. The molecule has 10 heterocycles. The molecular formula is C66H72N8O4. The Morgan fingerprint density at radius 3 is 1.13 bits per heavy atom. The lowest BCUT2D eigenvalue weighted by Gasteiger charge is -2.05. The van der Waals surface area contributed by atoms with E-state index in [1.165, 1.54) is 55.6 Å². The molecule has 12 heteroatoms. The fourth-order valence-electron chi connectivity index (χ4n) is 11.8. The van der Waals surface area contributed by atoms with Crippen LogP contribution in [-0.4, -0.2) is 62.0 Å². The van der Waals surface area contributed by atoms with Gasteiger partial charge in [-0.1, -0.05) is 53.0 Å². The topological polar surface area (TPSA) is 189 Å². The van der Waals surface area contributed by atoms with E-state index >= 15 is 0 Å². The van der Waals surface area contributed by atoms with Gasteiger partial charge in [0.15, 0.2) is 0 Å². The highest BCUT2D eigenvalue weighted by molar-refractivity contribution is 5.98. The summed E-state index contributed by atoms with van der Waals surface area (Å²) in [6.07, 6.45) is 8.06. The second-order valence-electron chi connectivity index (χ2n) is 20.8. The average Bonchev–Trinajstić information content (AvgIpc) is 4.37. The van der Waals surface area contributed by atoms with Gasteiger partial charge in [0.25, 0.3) is 0 Å². The molecule has 6 N–H and O–H groups in total. The van der Waals surface area contributed by atoms with Crippen molar-refractivity contribution in [3.63, 3.8) is 0 Å². The van der Waals surface area contributed by atoms with Crippen molar-refractivity contribution in [2.75, 3.05) is 0 Å². The second-order valence-corrected chi connectivity index (χ2v) is 20.8. The van der Waals surface area contributed by atoms with E-state index < -0.39 is 11.9 Å². The van der Waals surface area contributed by atoms with Gasteiger partial charge in [0.1, 0.15) is 0 Å². The lowest BCUT2D eigenvalue weighted by molar-refractivity contribution is -0.137. The molecule has 0 unspecified atom stereocenters. The van der Waals surface area contributed by atoms with Crippen LogP contribution in [0.4, 0.5) is 0 Å². The fourth-order valence-corrected chi connectivity index (χ4v) is 11.8. The molecule has 0 atom stereocenters. The first kappa shape index (κ1) is 54.4. The first-order chi connectivity index (χ1) is 37.3. The van der Waals surface area contributed by atoms with Crippen molar-refractivity contribution < 1.29 is 19.8 Å². The van der Waals surface area contributed by atoms with Crippen LogP contribution in [0.1, 0.15) is 184 Å². The van der Waals surface area contributed by atoms with E-state index in [9.17, 15) is 19.8 Å². The van der Waals surface area contributed by atoms with Crippen LogP contribution in [0.3, 0.4) is 0 Å². The predicted molar refractivity (Wildman–Crippen MR) is 324 cm³/mol. The molecule has 0 spiro atoms. The molecule has 4 aliphatic rings. The predicted octanol–water partition coefficient (Wildman–Crippen LogP) is 16.5.